The van der Waals surface area contributed by atoms with Gasteiger partial charge in [-0.1, -0.05) is 54.4 Å². The molecule has 0 aromatic carbocycles. The molecular formula is C43H81N15O11S3. The largest absolute Gasteiger partial charge is 0.480 e. The zero-order valence-electron chi connectivity index (χ0n) is 42.2. The Morgan fingerprint density at radius 3 is 1.22 bits per heavy atom. The van der Waals surface area contributed by atoms with E-state index in [4.69, 9.17) is 28.7 Å². The lowest BCUT2D eigenvalue weighted by molar-refractivity contribution is -0.142. The maximum Gasteiger partial charge on any atom is 0.327 e. The average Bonchev–Trinajstić information content (AvgIpc) is 3.31. The maximum atomic E-state index is 14.1. The van der Waals surface area contributed by atoms with E-state index in [2.05, 4.69) is 90.4 Å². The van der Waals surface area contributed by atoms with Crippen LogP contribution in [0.3, 0.4) is 0 Å². The van der Waals surface area contributed by atoms with Crippen molar-refractivity contribution in [2.75, 3.05) is 30.3 Å². The molecule has 0 unspecified atom stereocenters. The van der Waals surface area contributed by atoms with Crippen LogP contribution in [0.15, 0.2) is 9.98 Å². The number of carbonyl (C=O) groups is 9. The van der Waals surface area contributed by atoms with Crippen LogP contribution in [0.1, 0.15) is 93.4 Å². The number of carboxylic acids is 1. The fraction of sp³-hybridized carbons (Fsp3) is 0.744. The molecule has 0 heterocycles. The predicted molar refractivity (Wildman–Crippen MR) is 282 cm³/mol. The number of hydrogen-bond donors (Lipinski definition) is 18. The maximum absolute atomic E-state index is 14.1. The van der Waals surface area contributed by atoms with Gasteiger partial charge in [0.15, 0.2) is 11.9 Å². The Balaban J connectivity index is 6.40. The zero-order valence-corrected chi connectivity index (χ0v) is 44.9. The zero-order chi connectivity index (χ0) is 55.4. The first-order valence-corrected chi connectivity index (χ1v) is 25.6. The van der Waals surface area contributed by atoms with Crippen LogP contribution >= 0.6 is 37.9 Å². The molecule has 0 aromatic heterocycles. The summed E-state index contributed by atoms with van der Waals surface area (Å²) in [5.74, 6) is -10.3. The van der Waals surface area contributed by atoms with Crippen LogP contribution in [-0.4, -0.2) is 166 Å². The van der Waals surface area contributed by atoms with Crippen LogP contribution in [0, 0.1) is 17.8 Å². The number of amides is 8. The number of nitrogens with two attached hydrogens (primary N) is 5. The SMILES string of the molecule is CC[C@H](C)[C@H](NC(=O)[C@H](CCCN=C(N)N)NC(=O)[C@H](CC(C)C)NC(=O)[C@@H](NC(=O)[C@H](CS)NC(=O)[C@@H](NC(=O)[C@H](CS)NC(=O)[C@@H](N)CCCN=C(N)N)[C@@H](C)CC)[C@@H](C)O)C(=O)N[C@@H](CS)C(=O)O. The summed E-state index contributed by atoms with van der Waals surface area (Å²) >= 11 is 12.4. The summed E-state index contributed by atoms with van der Waals surface area (Å²) in [4.78, 5) is 128. The molecular weight excluding hydrogens is 999 g/mol. The molecule has 8 amide bonds. The Kier molecular flexibility index (Phi) is 32.4. The second kappa shape index (κ2) is 35.0. The van der Waals surface area contributed by atoms with Crippen LogP contribution in [0.5, 0.6) is 0 Å². The number of thiol groups is 3. The van der Waals surface area contributed by atoms with Gasteiger partial charge in [0.2, 0.25) is 47.3 Å². The topological polar surface area (TPSA) is 445 Å². The highest BCUT2D eigenvalue weighted by Gasteiger charge is 2.37. The molecule has 0 spiro atoms. The van der Waals surface area contributed by atoms with Crippen molar-refractivity contribution in [3.05, 3.63) is 0 Å². The monoisotopic (exact) mass is 1080 g/mol. The normalized spacial score (nSPS) is 16.1. The van der Waals surface area contributed by atoms with Crippen LogP contribution in [0.25, 0.3) is 0 Å². The second-order valence-electron chi connectivity index (χ2n) is 17.8. The molecule has 0 bridgehead atoms. The number of carbonyl (C=O) groups excluding carboxylic acids is 8. The van der Waals surface area contributed by atoms with Crippen molar-refractivity contribution in [1.82, 2.24) is 42.5 Å². The number of nitrogens with zero attached hydrogens (tertiary/aromatic N) is 2. The first-order valence-electron chi connectivity index (χ1n) is 23.7. The fourth-order valence-corrected chi connectivity index (χ4v) is 7.37. The number of rotatable bonds is 35. The van der Waals surface area contributed by atoms with Crippen molar-refractivity contribution < 1.29 is 53.4 Å². The molecule has 412 valence electrons. The van der Waals surface area contributed by atoms with Crippen molar-refractivity contribution in [3.63, 3.8) is 0 Å². The lowest BCUT2D eigenvalue weighted by atomic mass is 9.97. The average molecular weight is 1080 g/mol. The van der Waals surface area contributed by atoms with Gasteiger partial charge >= 0.3 is 5.97 Å². The van der Waals surface area contributed by atoms with Gasteiger partial charge < -0.3 is 81.4 Å². The van der Waals surface area contributed by atoms with Crippen molar-refractivity contribution in [1.29, 1.82) is 0 Å². The molecule has 72 heavy (non-hydrogen) atoms. The van der Waals surface area contributed by atoms with E-state index < -0.39 is 126 Å². The smallest absolute Gasteiger partial charge is 0.327 e. The Morgan fingerprint density at radius 2 is 0.833 bits per heavy atom. The minimum Gasteiger partial charge on any atom is -0.480 e. The number of nitrogens with one attached hydrogen (secondary N) is 8. The number of carboxylic acid groups (broad SMARTS) is 1. The molecule has 0 rings (SSSR count). The number of aliphatic carboxylic acids is 1. The Labute approximate surface area is 437 Å². The van der Waals surface area contributed by atoms with Crippen molar-refractivity contribution in [3.8, 4) is 0 Å². The third-order valence-corrected chi connectivity index (χ3v) is 12.4. The molecule has 0 aromatic rings. The lowest BCUT2D eigenvalue weighted by Crippen LogP contribution is -2.63. The molecule has 12 atom stereocenters. The van der Waals surface area contributed by atoms with E-state index in [1.807, 2.05) is 0 Å². The first kappa shape index (κ1) is 66.7. The molecule has 0 radical (unpaired) electrons. The molecule has 20 N–H and O–H groups in total. The Hall–Kier alpha value is -5.26. The first-order chi connectivity index (χ1) is 33.7. The van der Waals surface area contributed by atoms with Gasteiger partial charge in [-0.2, -0.15) is 37.9 Å². The standard InChI is InChI=1S/C43H81N15O11S3/c1-8-21(5)30(57-36(63)27(17-70)53-33(60)24(44)12-10-14-49-42(45)46)38(65)54-28(18-71)37(64)58-32(23(7)59)40(67)52-26(16-20(3)4)35(62)51-25(13-11-15-50-43(47)48)34(61)56-31(22(6)9-2)39(66)55-29(19-72)41(68)69/h20-32,59,70-72H,8-19,44H2,1-7H3,(H,51,62)(H,52,67)(H,53,60)(H,54,65)(H,55,66)(H,56,61)(H,57,63)(H,58,64)(H,68,69)(H4,45,46,49)(H4,47,48,50)/t21-,22-,23+,24-,25-,26-,27-,28-,29-,30-,31-,32-/m0/s1. The number of guanidine groups is 2. The van der Waals surface area contributed by atoms with Gasteiger partial charge in [0.05, 0.1) is 12.1 Å². The third-order valence-electron chi connectivity index (χ3n) is 11.3. The molecule has 29 heteroatoms. The number of aliphatic hydroxyl groups is 1. The quantitative estimate of drug-likeness (QED) is 0.0124. The number of aliphatic hydroxyl groups excluding tert-OH is 1. The minimum atomic E-state index is -1.71. The van der Waals surface area contributed by atoms with Crippen molar-refractivity contribution in [2.45, 2.75) is 154 Å². The summed E-state index contributed by atoms with van der Waals surface area (Å²) in [5, 5.41) is 40.5. The van der Waals surface area contributed by atoms with Gasteiger partial charge in [-0.15, -0.1) is 0 Å². The van der Waals surface area contributed by atoms with Gasteiger partial charge in [0.25, 0.3) is 0 Å². The van der Waals surface area contributed by atoms with Crippen LogP contribution in [-0.2, 0) is 43.2 Å². The van der Waals surface area contributed by atoms with E-state index in [-0.39, 0.29) is 73.9 Å². The van der Waals surface area contributed by atoms with E-state index in [1.54, 1.807) is 41.5 Å². The van der Waals surface area contributed by atoms with Crippen LogP contribution in [0.4, 0.5) is 0 Å². The fourth-order valence-electron chi connectivity index (χ4n) is 6.61. The van der Waals surface area contributed by atoms with Gasteiger partial charge in [-0.25, -0.2) is 4.79 Å². The summed E-state index contributed by atoms with van der Waals surface area (Å²) in [7, 11) is 0. The van der Waals surface area contributed by atoms with Gasteiger partial charge in [-0.3, -0.25) is 48.3 Å². The van der Waals surface area contributed by atoms with Crippen molar-refractivity contribution in [2.24, 2.45) is 56.4 Å². The summed E-state index contributed by atoms with van der Waals surface area (Å²) in [6.07, 6.45) is -0.107. The molecule has 0 saturated heterocycles. The van der Waals surface area contributed by atoms with Crippen LogP contribution < -0.4 is 71.2 Å². The molecule has 0 saturated carbocycles. The summed E-state index contributed by atoms with van der Waals surface area (Å²) in [5.41, 5.74) is 27.6. The molecule has 26 nitrogen and oxygen atoms in total. The van der Waals surface area contributed by atoms with E-state index >= 15 is 0 Å². The highest BCUT2D eigenvalue weighted by Crippen LogP contribution is 2.13. The molecule has 0 aliphatic heterocycles. The second-order valence-corrected chi connectivity index (χ2v) is 18.9. The van der Waals surface area contributed by atoms with Gasteiger partial charge in [0.1, 0.15) is 48.3 Å². The van der Waals surface area contributed by atoms with E-state index in [9.17, 15) is 53.4 Å². The van der Waals surface area contributed by atoms with E-state index in [0.717, 1.165) is 0 Å². The predicted octanol–water partition coefficient (Wildman–Crippen LogP) is -4.31. The number of aliphatic imine (C=N–C) groups is 2. The van der Waals surface area contributed by atoms with E-state index in [0.29, 0.717) is 19.3 Å². The molecule has 0 aliphatic rings. The summed E-state index contributed by atoms with van der Waals surface area (Å²) in [6, 6.07) is -11.9. The minimum absolute atomic E-state index is 0.00188. The third kappa shape index (κ3) is 24.9. The van der Waals surface area contributed by atoms with Crippen molar-refractivity contribution >= 4 is 103 Å². The van der Waals surface area contributed by atoms with E-state index in [1.165, 1.54) is 6.92 Å². The lowest BCUT2D eigenvalue weighted by Gasteiger charge is -2.30. The summed E-state index contributed by atoms with van der Waals surface area (Å²) < 4.78 is 0. The Bertz CT molecular complexity index is 1860. The number of hydrogen-bond acceptors (Lipinski definition) is 16. The molecule has 0 aliphatic carbocycles. The molecule has 0 fully saturated rings. The highest BCUT2D eigenvalue weighted by atomic mass is 32.1. The van der Waals surface area contributed by atoms with Crippen LogP contribution in [0.2, 0.25) is 0 Å². The summed E-state index contributed by atoms with van der Waals surface area (Å²) in [6.45, 7) is 11.9. The van der Waals surface area contributed by atoms with Gasteiger partial charge in [-0.05, 0) is 56.8 Å². The highest BCUT2D eigenvalue weighted by molar-refractivity contribution is 7.80. The Morgan fingerprint density at radius 1 is 0.486 bits per heavy atom. The van der Waals surface area contributed by atoms with Gasteiger partial charge in [0, 0.05) is 30.3 Å².